The maximum Gasteiger partial charge on any atom is 0.137 e. The van der Waals surface area contributed by atoms with E-state index in [0.717, 1.165) is 11.1 Å². The molecule has 1 nitrogen and oxygen atoms in total. The first-order valence-corrected chi connectivity index (χ1v) is 6.14. The standard InChI is InChI=1S/C14H13BrFN/c1-9-2-4-10(5-3-9)14(17)11-6-7-13(16)12(15)8-11/h2-8,14H,17H2,1H3. The second-order valence-electron chi connectivity index (χ2n) is 4.06. The molecule has 0 heterocycles. The number of hydrogen-bond donors (Lipinski definition) is 1. The Morgan fingerprint density at radius 1 is 1.06 bits per heavy atom. The minimum atomic E-state index is -0.273. The zero-order chi connectivity index (χ0) is 12.4. The van der Waals surface area contributed by atoms with Crippen LogP contribution in [0.2, 0.25) is 0 Å². The van der Waals surface area contributed by atoms with Crippen LogP contribution in [0.1, 0.15) is 22.7 Å². The van der Waals surface area contributed by atoms with Gasteiger partial charge in [0.2, 0.25) is 0 Å². The molecule has 0 saturated carbocycles. The van der Waals surface area contributed by atoms with Gasteiger partial charge in [0.1, 0.15) is 5.82 Å². The summed E-state index contributed by atoms with van der Waals surface area (Å²) in [5.41, 5.74) is 9.25. The first-order valence-electron chi connectivity index (χ1n) is 5.35. The Morgan fingerprint density at radius 2 is 1.65 bits per heavy atom. The summed E-state index contributed by atoms with van der Waals surface area (Å²) in [6, 6.07) is 12.7. The zero-order valence-corrected chi connectivity index (χ0v) is 11.0. The van der Waals surface area contributed by atoms with Gasteiger partial charge >= 0.3 is 0 Å². The predicted octanol–water partition coefficient (Wildman–Crippen LogP) is 3.94. The first-order chi connectivity index (χ1) is 8.08. The molecular formula is C14H13BrFN. The van der Waals surface area contributed by atoms with Crippen molar-refractivity contribution in [2.24, 2.45) is 5.73 Å². The normalized spacial score (nSPS) is 12.5. The summed E-state index contributed by atoms with van der Waals surface area (Å²) in [5, 5.41) is 0. The van der Waals surface area contributed by atoms with Gasteiger partial charge in [0.25, 0.3) is 0 Å². The van der Waals surface area contributed by atoms with Crippen molar-refractivity contribution in [2.45, 2.75) is 13.0 Å². The largest absolute Gasteiger partial charge is 0.320 e. The van der Waals surface area contributed by atoms with Crippen molar-refractivity contribution in [3.63, 3.8) is 0 Å². The molecule has 0 aliphatic carbocycles. The van der Waals surface area contributed by atoms with Gasteiger partial charge in [0.15, 0.2) is 0 Å². The van der Waals surface area contributed by atoms with Crippen molar-refractivity contribution in [3.8, 4) is 0 Å². The molecule has 2 N–H and O–H groups in total. The van der Waals surface area contributed by atoms with Crippen LogP contribution >= 0.6 is 15.9 Å². The Hall–Kier alpha value is -1.19. The molecular weight excluding hydrogens is 281 g/mol. The van der Waals surface area contributed by atoms with E-state index in [-0.39, 0.29) is 11.9 Å². The topological polar surface area (TPSA) is 26.0 Å². The Morgan fingerprint density at radius 3 is 2.24 bits per heavy atom. The van der Waals surface area contributed by atoms with Gasteiger partial charge in [0.05, 0.1) is 10.5 Å². The zero-order valence-electron chi connectivity index (χ0n) is 9.45. The number of aryl methyl sites for hydroxylation is 1. The Balaban J connectivity index is 2.33. The van der Waals surface area contributed by atoms with Crippen LogP contribution in [0.25, 0.3) is 0 Å². The smallest absolute Gasteiger partial charge is 0.137 e. The minimum Gasteiger partial charge on any atom is -0.320 e. The molecule has 17 heavy (non-hydrogen) atoms. The summed E-state index contributed by atoms with van der Waals surface area (Å²) < 4.78 is 13.6. The second kappa shape index (κ2) is 4.98. The van der Waals surface area contributed by atoms with Gasteiger partial charge in [-0.25, -0.2) is 4.39 Å². The molecule has 2 aromatic carbocycles. The molecule has 0 aliphatic rings. The summed E-state index contributed by atoms with van der Waals surface area (Å²) in [7, 11) is 0. The SMILES string of the molecule is Cc1ccc(C(N)c2ccc(F)c(Br)c2)cc1. The summed E-state index contributed by atoms with van der Waals surface area (Å²) >= 11 is 3.17. The summed E-state index contributed by atoms with van der Waals surface area (Å²) in [4.78, 5) is 0. The molecule has 2 aromatic rings. The fraction of sp³-hybridized carbons (Fsp3) is 0.143. The number of halogens is 2. The summed E-state index contributed by atoms with van der Waals surface area (Å²) in [5.74, 6) is -0.273. The van der Waals surface area contributed by atoms with E-state index in [1.807, 2.05) is 31.2 Å². The highest BCUT2D eigenvalue weighted by Crippen LogP contribution is 2.24. The minimum absolute atomic E-state index is 0.229. The highest BCUT2D eigenvalue weighted by molar-refractivity contribution is 9.10. The molecule has 0 fully saturated rings. The van der Waals surface area contributed by atoms with E-state index in [9.17, 15) is 4.39 Å². The van der Waals surface area contributed by atoms with Crippen molar-refractivity contribution < 1.29 is 4.39 Å². The fourth-order valence-corrected chi connectivity index (χ4v) is 2.07. The van der Waals surface area contributed by atoms with Crippen molar-refractivity contribution in [1.29, 1.82) is 0 Å². The van der Waals surface area contributed by atoms with Crippen LogP contribution in [0.4, 0.5) is 4.39 Å². The molecule has 0 aromatic heterocycles. The summed E-state index contributed by atoms with van der Waals surface area (Å²) in [6.07, 6.45) is 0. The van der Waals surface area contributed by atoms with Gasteiger partial charge in [-0.1, -0.05) is 35.9 Å². The van der Waals surface area contributed by atoms with Gasteiger partial charge in [-0.05, 0) is 46.1 Å². The maximum absolute atomic E-state index is 13.1. The molecule has 0 saturated heterocycles. The predicted molar refractivity (Wildman–Crippen MR) is 71.3 cm³/mol. The monoisotopic (exact) mass is 293 g/mol. The molecule has 0 amide bonds. The Bertz CT molecular complexity index is 522. The third kappa shape index (κ3) is 2.73. The molecule has 0 radical (unpaired) electrons. The van der Waals surface area contributed by atoms with E-state index in [1.165, 1.54) is 11.6 Å². The van der Waals surface area contributed by atoms with Crippen LogP contribution < -0.4 is 5.73 Å². The van der Waals surface area contributed by atoms with E-state index in [4.69, 9.17) is 5.73 Å². The molecule has 0 spiro atoms. The van der Waals surface area contributed by atoms with Crippen LogP contribution in [-0.4, -0.2) is 0 Å². The quantitative estimate of drug-likeness (QED) is 0.892. The third-order valence-electron chi connectivity index (χ3n) is 2.74. The number of benzene rings is 2. The Labute approximate surface area is 109 Å². The second-order valence-corrected chi connectivity index (χ2v) is 4.92. The Kier molecular flexibility index (Phi) is 3.60. The van der Waals surface area contributed by atoms with Crippen LogP contribution in [-0.2, 0) is 0 Å². The van der Waals surface area contributed by atoms with Crippen molar-refractivity contribution >= 4 is 15.9 Å². The number of nitrogens with two attached hydrogens (primary N) is 1. The van der Waals surface area contributed by atoms with Gasteiger partial charge in [-0.3, -0.25) is 0 Å². The van der Waals surface area contributed by atoms with Crippen LogP contribution in [0.3, 0.4) is 0 Å². The highest BCUT2D eigenvalue weighted by atomic mass is 79.9. The lowest BCUT2D eigenvalue weighted by molar-refractivity contribution is 0.619. The lowest BCUT2D eigenvalue weighted by Gasteiger charge is -2.13. The summed E-state index contributed by atoms with van der Waals surface area (Å²) in [6.45, 7) is 2.03. The fourth-order valence-electron chi connectivity index (χ4n) is 1.67. The van der Waals surface area contributed by atoms with Crippen LogP contribution in [0, 0.1) is 12.7 Å². The third-order valence-corrected chi connectivity index (χ3v) is 3.35. The molecule has 0 aliphatic heterocycles. The molecule has 88 valence electrons. The van der Waals surface area contributed by atoms with Gasteiger partial charge < -0.3 is 5.73 Å². The van der Waals surface area contributed by atoms with Crippen LogP contribution in [0.15, 0.2) is 46.9 Å². The van der Waals surface area contributed by atoms with Crippen molar-refractivity contribution in [3.05, 3.63) is 69.4 Å². The maximum atomic E-state index is 13.1. The molecule has 2 rings (SSSR count). The van der Waals surface area contributed by atoms with E-state index >= 15 is 0 Å². The molecule has 1 atom stereocenters. The average Bonchev–Trinajstić information content (AvgIpc) is 2.33. The van der Waals surface area contributed by atoms with Gasteiger partial charge in [-0.15, -0.1) is 0 Å². The van der Waals surface area contributed by atoms with E-state index in [0.29, 0.717) is 4.47 Å². The first kappa shape index (κ1) is 12.3. The van der Waals surface area contributed by atoms with E-state index in [1.54, 1.807) is 12.1 Å². The van der Waals surface area contributed by atoms with Crippen LogP contribution in [0.5, 0.6) is 0 Å². The van der Waals surface area contributed by atoms with E-state index < -0.39 is 0 Å². The average molecular weight is 294 g/mol. The van der Waals surface area contributed by atoms with Crippen molar-refractivity contribution in [2.75, 3.05) is 0 Å². The molecule has 1 unspecified atom stereocenters. The van der Waals surface area contributed by atoms with Crippen molar-refractivity contribution in [1.82, 2.24) is 0 Å². The molecule has 3 heteroatoms. The lowest BCUT2D eigenvalue weighted by atomic mass is 9.99. The van der Waals surface area contributed by atoms with Gasteiger partial charge in [0, 0.05) is 0 Å². The van der Waals surface area contributed by atoms with E-state index in [2.05, 4.69) is 15.9 Å². The number of rotatable bonds is 2. The molecule has 0 bridgehead atoms. The lowest BCUT2D eigenvalue weighted by Crippen LogP contribution is -2.11. The number of hydrogen-bond acceptors (Lipinski definition) is 1. The van der Waals surface area contributed by atoms with Gasteiger partial charge in [-0.2, -0.15) is 0 Å². The highest BCUT2D eigenvalue weighted by Gasteiger charge is 2.10.